The van der Waals surface area contributed by atoms with E-state index in [1.54, 1.807) is 13.0 Å². The standard InChI is InChI=1S/C14H10BrF2NO/c1-8-5-11(15)12(17)7-13(8)18-14(19)9-3-2-4-10(16)6-9/h2-7H,1H3,(H,18,19). The Hall–Kier alpha value is -1.75. The number of rotatable bonds is 2. The summed E-state index contributed by atoms with van der Waals surface area (Å²) in [6.45, 7) is 1.74. The van der Waals surface area contributed by atoms with Gasteiger partial charge < -0.3 is 5.32 Å². The van der Waals surface area contributed by atoms with Crippen LogP contribution >= 0.6 is 15.9 Å². The van der Waals surface area contributed by atoms with Crippen molar-refractivity contribution >= 4 is 27.5 Å². The van der Waals surface area contributed by atoms with Crippen molar-refractivity contribution in [3.05, 3.63) is 63.6 Å². The first kappa shape index (κ1) is 13.7. The summed E-state index contributed by atoms with van der Waals surface area (Å²) in [5, 5.41) is 2.56. The van der Waals surface area contributed by atoms with Crippen LogP contribution in [0.25, 0.3) is 0 Å². The Morgan fingerprint density at radius 3 is 2.63 bits per heavy atom. The van der Waals surface area contributed by atoms with E-state index in [1.807, 2.05) is 0 Å². The van der Waals surface area contributed by atoms with Crippen molar-refractivity contribution in [1.82, 2.24) is 0 Å². The van der Waals surface area contributed by atoms with Crippen molar-refractivity contribution in [2.24, 2.45) is 0 Å². The number of aryl methyl sites for hydroxylation is 1. The molecule has 0 bridgehead atoms. The molecule has 0 fully saturated rings. The SMILES string of the molecule is Cc1cc(Br)c(F)cc1NC(=O)c1cccc(F)c1. The van der Waals surface area contributed by atoms with Crippen LogP contribution < -0.4 is 5.32 Å². The highest BCUT2D eigenvalue weighted by molar-refractivity contribution is 9.10. The van der Waals surface area contributed by atoms with Gasteiger partial charge in [0.15, 0.2) is 0 Å². The number of hydrogen-bond acceptors (Lipinski definition) is 1. The Bertz CT molecular complexity index is 643. The van der Waals surface area contributed by atoms with Gasteiger partial charge in [-0.15, -0.1) is 0 Å². The normalized spacial score (nSPS) is 10.3. The second kappa shape index (κ2) is 5.48. The Morgan fingerprint density at radius 2 is 1.95 bits per heavy atom. The summed E-state index contributed by atoms with van der Waals surface area (Å²) in [6.07, 6.45) is 0. The number of halogens is 3. The van der Waals surface area contributed by atoms with Gasteiger partial charge in [-0.2, -0.15) is 0 Å². The lowest BCUT2D eigenvalue weighted by atomic mass is 10.1. The zero-order chi connectivity index (χ0) is 14.0. The molecule has 0 aliphatic carbocycles. The molecule has 0 aliphatic rings. The molecule has 0 atom stereocenters. The highest BCUT2D eigenvalue weighted by atomic mass is 79.9. The molecule has 1 amide bonds. The molecule has 0 radical (unpaired) electrons. The summed E-state index contributed by atoms with van der Waals surface area (Å²) in [6, 6.07) is 8.09. The summed E-state index contributed by atoms with van der Waals surface area (Å²) in [5.74, 6) is -1.45. The zero-order valence-corrected chi connectivity index (χ0v) is 11.6. The van der Waals surface area contributed by atoms with Crippen molar-refractivity contribution in [1.29, 1.82) is 0 Å². The molecule has 1 N–H and O–H groups in total. The first-order chi connectivity index (χ1) is 8.97. The third kappa shape index (κ3) is 3.17. The van der Waals surface area contributed by atoms with E-state index in [9.17, 15) is 13.6 Å². The van der Waals surface area contributed by atoms with Crippen LogP contribution in [0.1, 0.15) is 15.9 Å². The molecule has 0 aliphatic heterocycles. The van der Waals surface area contributed by atoms with E-state index in [0.29, 0.717) is 15.7 Å². The number of anilines is 1. The number of hydrogen-bond donors (Lipinski definition) is 1. The first-order valence-electron chi connectivity index (χ1n) is 5.50. The molecule has 98 valence electrons. The van der Waals surface area contributed by atoms with E-state index in [0.717, 1.165) is 6.07 Å². The maximum atomic E-state index is 13.4. The predicted molar refractivity (Wildman–Crippen MR) is 73.2 cm³/mol. The fourth-order valence-corrected chi connectivity index (χ4v) is 2.06. The molecule has 0 saturated heterocycles. The quantitative estimate of drug-likeness (QED) is 0.876. The molecule has 0 spiro atoms. The van der Waals surface area contributed by atoms with Gasteiger partial charge in [-0.05, 0) is 58.7 Å². The van der Waals surface area contributed by atoms with Gasteiger partial charge >= 0.3 is 0 Å². The second-order valence-corrected chi connectivity index (χ2v) is 4.90. The molecule has 0 aromatic heterocycles. The molecule has 0 heterocycles. The van der Waals surface area contributed by atoms with Crippen LogP contribution in [0.2, 0.25) is 0 Å². The lowest BCUT2D eigenvalue weighted by Crippen LogP contribution is -2.13. The van der Waals surface area contributed by atoms with Gasteiger partial charge in [-0.3, -0.25) is 4.79 Å². The monoisotopic (exact) mass is 325 g/mol. The van der Waals surface area contributed by atoms with Crippen molar-refractivity contribution < 1.29 is 13.6 Å². The number of carbonyl (C=O) groups is 1. The molecule has 19 heavy (non-hydrogen) atoms. The van der Waals surface area contributed by atoms with Gasteiger partial charge in [0.1, 0.15) is 11.6 Å². The fraction of sp³-hybridized carbons (Fsp3) is 0.0714. The summed E-state index contributed by atoms with van der Waals surface area (Å²) in [4.78, 5) is 11.9. The van der Waals surface area contributed by atoms with Crippen LogP contribution in [-0.4, -0.2) is 5.91 Å². The van der Waals surface area contributed by atoms with Crippen molar-refractivity contribution in [2.45, 2.75) is 6.92 Å². The van der Waals surface area contributed by atoms with Gasteiger partial charge in [-0.1, -0.05) is 6.07 Å². The van der Waals surface area contributed by atoms with E-state index in [-0.39, 0.29) is 5.56 Å². The lowest BCUT2D eigenvalue weighted by molar-refractivity contribution is 0.102. The smallest absolute Gasteiger partial charge is 0.255 e. The second-order valence-electron chi connectivity index (χ2n) is 4.05. The molecule has 5 heteroatoms. The van der Waals surface area contributed by atoms with Crippen LogP contribution in [0.4, 0.5) is 14.5 Å². The average Bonchev–Trinajstić information content (AvgIpc) is 2.36. The van der Waals surface area contributed by atoms with Crippen LogP contribution in [0.5, 0.6) is 0 Å². The van der Waals surface area contributed by atoms with Gasteiger partial charge in [-0.25, -0.2) is 8.78 Å². The predicted octanol–water partition coefficient (Wildman–Crippen LogP) is 4.29. The van der Waals surface area contributed by atoms with E-state index >= 15 is 0 Å². The van der Waals surface area contributed by atoms with E-state index < -0.39 is 17.5 Å². The van der Waals surface area contributed by atoms with Crippen LogP contribution in [0, 0.1) is 18.6 Å². The average molecular weight is 326 g/mol. The van der Waals surface area contributed by atoms with Crippen molar-refractivity contribution in [2.75, 3.05) is 5.32 Å². The summed E-state index contributed by atoms with van der Waals surface area (Å²) in [5.41, 5.74) is 1.25. The van der Waals surface area contributed by atoms with E-state index in [2.05, 4.69) is 21.2 Å². The molecule has 0 saturated carbocycles. The van der Waals surface area contributed by atoms with Crippen LogP contribution in [0.3, 0.4) is 0 Å². The zero-order valence-electron chi connectivity index (χ0n) is 10.0. The number of nitrogens with one attached hydrogen (secondary N) is 1. The Balaban J connectivity index is 2.27. The maximum absolute atomic E-state index is 13.4. The minimum Gasteiger partial charge on any atom is -0.322 e. The van der Waals surface area contributed by atoms with E-state index in [4.69, 9.17) is 0 Å². The highest BCUT2D eigenvalue weighted by Crippen LogP contribution is 2.24. The third-order valence-corrected chi connectivity index (χ3v) is 3.21. The van der Waals surface area contributed by atoms with Gasteiger partial charge in [0, 0.05) is 11.3 Å². The fourth-order valence-electron chi connectivity index (χ4n) is 1.61. The molecular weight excluding hydrogens is 316 g/mol. The molecule has 2 rings (SSSR count). The summed E-state index contributed by atoms with van der Waals surface area (Å²) >= 11 is 3.06. The van der Waals surface area contributed by atoms with Gasteiger partial charge in [0.25, 0.3) is 5.91 Å². The third-order valence-electron chi connectivity index (χ3n) is 2.60. The molecule has 2 aromatic rings. The minimum atomic E-state index is -0.494. The van der Waals surface area contributed by atoms with Gasteiger partial charge in [0.05, 0.1) is 4.47 Å². The van der Waals surface area contributed by atoms with Crippen LogP contribution in [0.15, 0.2) is 40.9 Å². The van der Waals surface area contributed by atoms with Gasteiger partial charge in [0.2, 0.25) is 0 Å². The minimum absolute atomic E-state index is 0.183. The summed E-state index contributed by atoms with van der Waals surface area (Å²) in [7, 11) is 0. The topological polar surface area (TPSA) is 29.1 Å². The van der Waals surface area contributed by atoms with Crippen LogP contribution in [-0.2, 0) is 0 Å². The number of carbonyl (C=O) groups excluding carboxylic acids is 1. The largest absolute Gasteiger partial charge is 0.322 e. The maximum Gasteiger partial charge on any atom is 0.255 e. The number of amides is 1. The molecular formula is C14H10BrF2NO. The van der Waals surface area contributed by atoms with E-state index in [1.165, 1.54) is 24.3 Å². The molecule has 2 nitrogen and oxygen atoms in total. The Kier molecular flexibility index (Phi) is 3.95. The molecule has 2 aromatic carbocycles. The Labute approximate surface area is 117 Å². The van der Waals surface area contributed by atoms with Crippen molar-refractivity contribution in [3.8, 4) is 0 Å². The first-order valence-corrected chi connectivity index (χ1v) is 6.29. The highest BCUT2D eigenvalue weighted by Gasteiger charge is 2.10. The number of benzene rings is 2. The lowest BCUT2D eigenvalue weighted by Gasteiger charge is -2.09. The van der Waals surface area contributed by atoms with Crippen molar-refractivity contribution in [3.63, 3.8) is 0 Å². The Morgan fingerprint density at radius 1 is 1.21 bits per heavy atom. The molecule has 0 unspecified atom stereocenters. The summed E-state index contributed by atoms with van der Waals surface area (Å²) < 4.78 is 26.8.